The Morgan fingerprint density at radius 2 is 1.81 bits per heavy atom. The standard InChI is InChI=1S/C27H36N2O2/c1-6-31-26(30)21-9-11-22(12-10-21)29(18-20-7-8-20)23-13-14-24-25(17-23)28(19(2)3)16-15-27(24,4)5/h9-14,17,19-20H,6-8,15-16,18H2,1-5H3. The van der Waals surface area contributed by atoms with Crippen molar-refractivity contribution < 1.29 is 9.53 Å². The first-order valence-electron chi connectivity index (χ1n) is 11.8. The van der Waals surface area contributed by atoms with Crippen LogP contribution in [0.1, 0.15) is 69.8 Å². The van der Waals surface area contributed by atoms with E-state index in [-0.39, 0.29) is 11.4 Å². The number of esters is 1. The summed E-state index contributed by atoms with van der Waals surface area (Å²) in [6, 6.07) is 15.4. The molecule has 0 radical (unpaired) electrons. The summed E-state index contributed by atoms with van der Waals surface area (Å²) in [6.07, 6.45) is 3.78. The summed E-state index contributed by atoms with van der Waals surface area (Å²) in [5, 5.41) is 0. The molecule has 0 atom stereocenters. The summed E-state index contributed by atoms with van der Waals surface area (Å²) in [5.41, 5.74) is 5.98. The highest BCUT2D eigenvalue weighted by molar-refractivity contribution is 5.90. The van der Waals surface area contributed by atoms with Crippen molar-refractivity contribution in [2.75, 3.05) is 29.5 Å². The summed E-state index contributed by atoms with van der Waals surface area (Å²) in [7, 11) is 0. The number of fused-ring (bicyclic) bond motifs is 1. The lowest BCUT2D eigenvalue weighted by molar-refractivity contribution is 0.0526. The lowest BCUT2D eigenvalue weighted by atomic mass is 9.77. The largest absolute Gasteiger partial charge is 0.462 e. The third-order valence-electron chi connectivity index (χ3n) is 6.76. The van der Waals surface area contributed by atoms with Crippen molar-refractivity contribution in [3.8, 4) is 0 Å². The van der Waals surface area contributed by atoms with Gasteiger partial charge in [0, 0.05) is 36.2 Å². The molecule has 4 rings (SSSR count). The summed E-state index contributed by atoms with van der Waals surface area (Å²) in [4.78, 5) is 17.0. The smallest absolute Gasteiger partial charge is 0.338 e. The van der Waals surface area contributed by atoms with E-state index in [2.05, 4.69) is 67.8 Å². The van der Waals surface area contributed by atoms with Crippen molar-refractivity contribution in [2.24, 2.45) is 5.92 Å². The van der Waals surface area contributed by atoms with E-state index in [1.807, 2.05) is 19.1 Å². The average Bonchev–Trinajstić information content (AvgIpc) is 3.56. The Labute approximate surface area is 187 Å². The van der Waals surface area contributed by atoms with Crippen LogP contribution in [0.4, 0.5) is 17.1 Å². The van der Waals surface area contributed by atoms with E-state index in [0.717, 1.165) is 24.7 Å². The number of benzene rings is 2. The number of anilines is 3. The van der Waals surface area contributed by atoms with Gasteiger partial charge in [0.1, 0.15) is 0 Å². The molecule has 1 saturated carbocycles. The molecule has 31 heavy (non-hydrogen) atoms. The van der Waals surface area contributed by atoms with Gasteiger partial charge < -0.3 is 14.5 Å². The quantitative estimate of drug-likeness (QED) is 0.492. The maximum absolute atomic E-state index is 12.1. The highest BCUT2D eigenvalue weighted by atomic mass is 16.5. The summed E-state index contributed by atoms with van der Waals surface area (Å²) < 4.78 is 5.15. The van der Waals surface area contributed by atoms with Crippen LogP contribution in [0.5, 0.6) is 0 Å². The number of carbonyl (C=O) groups excluding carboxylic acids is 1. The second-order valence-corrected chi connectivity index (χ2v) is 9.94. The highest BCUT2D eigenvalue weighted by Gasteiger charge is 2.33. The first-order chi connectivity index (χ1) is 14.8. The van der Waals surface area contributed by atoms with Crippen LogP contribution in [0, 0.1) is 5.92 Å². The van der Waals surface area contributed by atoms with Crippen LogP contribution in [0.2, 0.25) is 0 Å². The van der Waals surface area contributed by atoms with Gasteiger partial charge in [0.05, 0.1) is 12.2 Å². The first kappa shape index (κ1) is 21.7. The number of carbonyl (C=O) groups is 1. The number of ether oxygens (including phenoxy) is 1. The Kier molecular flexibility index (Phi) is 6.00. The normalized spacial score (nSPS) is 17.4. The van der Waals surface area contributed by atoms with Gasteiger partial charge in [-0.25, -0.2) is 4.79 Å². The molecule has 4 nitrogen and oxygen atoms in total. The fourth-order valence-electron chi connectivity index (χ4n) is 4.60. The molecule has 2 aromatic carbocycles. The van der Waals surface area contributed by atoms with E-state index in [1.54, 1.807) is 0 Å². The molecule has 0 spiro atoms. The molecule has 0 unspecified atom stereocenters. The minimum Gasteiger partial charge on any atom is -0.462 e. The molecule has 0 saturated heterocycles. The van der Waals surface area contributed by atoms with Gasteiger partial charge in [0.2, 0.25) is 0 Å². The molecular formula is C27H36N2O2. The molecular weight excluding hydrogens is 384 g/mol. The van der Waals surface area contributed by atoms with E-state index in [9.17, 15) is 4.79 Å². The Hall–Kier alpha value is -2.49. The molecule has 4 heteroatoms. The molecule has 166 valence electrons. The maximum atomic E-state index is 12.1. The fraction of sp³-hybridized carbons (Fsp3) is 0.519. The van der Waals surface area contributed by atoms with Crippen molar-refractivity contribution in [1.29, 1.82) is 0 Å². The van der Waals surface area contributed by atoms with Gasteiger partial charge >= 0.3 is 5.97 Å². The van der Waals surface area contributed by atoms with Gasteiger partial charge in [-0.3, -0.25) is 0 Å². The fourth-order valence-corrected chi connectivity index (χ4v) is 4.60. The molecule has 0 amide bonds. The summed E-state index contributed by atoms with van der Waals surface area (Å²) >= 11 is 0. The van der Waals surface area contributed by atoms with Crippen LogP contribution in [-0.2, 0) is 10.2 Å². The van der Waals surface area contributed by atoms with Crippen LogP contribution in [-0.4, -0.2) is 31.7 Å². The average molecular weight is 421 g/mol. The van der Waals surface area contributed by atoms with E-state index < -0.39 is 0 Å². The van der Waals surface area contributed by atoms with Crippen LogP contribution in [0.3, 0.4) is 0 Å². The second kappa shape index (κ2) is 8.57. The van der Waals surface area contributed by atoms with Crippen molar-refractivity contribution in [3.63, 3.8) is 0 Å². The van der Waals surface area contributed by atoms with Gasteiger partial charge in [-0.1, -0.05) is 19.9 Å². The molecule has 1 aliphatic heterocycles. The van der Waals surface area contributed by atoms with Crippen molar-refractivity contribution in [2.45, 2.75) is 65.3 Å². The van der Waals surface area contributed by atoms with Gasteiger partial charge in [-0.2, -0.15) is 0 Å². The number of hydrogen-bond acceptors (Lipinski definition) is 4. The Balaban J connectivity index is 1.70. The summed E-state index contributed by atoms with van der Waals surface area (Å²) in [5.74, 6) is 0.491. The number of rotatable bonds is 7. The Bertz CT molecular complexity index is 929. The SMILES string of the molecule is CCOC(=O)c1ccc(N(CC2CC2)c2ccc3c(c2)N(C(C)C)CCC3(C)C)cc1. The van der Waals surface area contributed by atoms with E-state index in [4.69, 9.17) is 4.74 Å². The Morgan fingerprint density at radius 1 is 1.13 bits per heavy atom. The monoisotopic (exact) mass is 420 g/mol. The molecule has 1 aliphatic carbocycles. The maximum Gasteiger partial charge on any atom is 0.338 e. The number of nitrogens with zero attached hydrogens (tertiary/aromatic N) is 2. The molecule has 0 bridgehead atoms. The zero-order valence-electron chi connectivity index (χ0n) is 19.6. The molecule has 1 fully saturated rings. The van der Waals surface area contributed by atoms with Crippen LogP contribution in [0.15, 0.2) is 42.5 Å². The van der Waals surface area contributed by atoms with E-state index >= 15 is 0 Å². The topological polar surface area (TPSA) is 32.8 Å². The third kappa shape index (κ3) is 4.58. The third-order valence-corrected chi connectivity index (χ3v) is 6.76. The lowest BCUT2D eigenvalue weighted by Gasteiger charge is -2.43. The molecule has 2 aromatic rings. The molecule has 2 aliphatic rings. The van der Waals surface area contributed by atoms with Gasteiger partial charge in [0.15, 0.2) is 0 Å². The van der Waals surface area contributed by atoms with Gasteiger partial charge in [0.25, 0.3) is 0 Å². The minimum atomic E-state index is -0.258. The van der Waals surface area contributed by atoms with Crippen molar-refractivity contribution >= 4 is 23.0 Å². The van der Waals surface area contributed by atoms with Crippen LogP contribution < -0.4 is 9.80 Å². The first-order valence-corrected chi connectivity index (χ1v) is 11.8. The van der Waals surface area contributed by atoms with E-state index in [1.165, 1.54) is 36.2 Å². The van der Waals surface area contributed by atoms with Crippen molar-refractivity contribution in [1.82, 2.24) is 0 Å². The zero-order valence-corrected chi connectivity index (χ0v) is 19.6. The predicted molar refractivity (Wildman–Crippen MR) is 129 cm³/mol. The van der Waals surface area contributed by atoms with Crippen LogP contribution >= 0.6 is 0 Å². The van der Waals surface area contributed by atoms with Crippen LogP contribution in [0.25, 0.3) is 0 Å². The molecule has 0 N–H and O–H groups in total. The van der Waals surface area contributed by atoms with E-state index in [0.29, 0.717) is 18.2 Å². The minimum absolute atomic E-state index is 0.196. The Morgan fingerprint density at radius 3 is 2.42 bits per heavy atom. The second-order valence-electron chi connectivity index (χ2n) is 9.94. The van der Waals surface area contributed by atoms with Gasteiger partial charge in [-0.15, -0.1) is 0 Å². The lowest BCUT2D eigenvalue weighted by Crippen LogP contribution is -2.41. The number of hydrogen-bond donors (Lipinski definition) is 0. The highest BCUT2D eigenvalue weighted by Crippen LogP contribution is 2.44. The zero-order chi connectivity index (χ0) is 22.2. The van der Waals surface area contributed by atoms with Crippen molar-refractivity contribution in [3.05, 3.63) is 53.6 Å². The molecule has 0 aromatic heterocycles. The summed E-state index contributed by atoms with van der Waals surface area (Å²) in [6.45, 7) is 13.6. The predicted octanol–water partition coefficient (Wildman–Crippen LogP) is 6.31. The van der Waals surface area contributed by atoms with Gasteiger partial charge in [-0.05, 0) is 93.3 Å². The molecule has 1 heterocycles.